The average Bonchev–Trinajstić information content (AvgIpc) is 1.63. The summed E-state index contributed by atoms with van der Waals surface area (Å²) in [4.78, 5) is 10.7. The van der Waals surface area contributed by atoms with E-state index in [1.165, 1.54) is 12.3 Å². The summed E-state index contributed by atoms with van der Waals surface area (Å²) in [6.45, 7) is 4.00. The van der Waals surface area contributed by atoms with Gasteiger partial charge in [0.05, 0.1) is 0 Å². The highest BCUT2D eigenvalue weighted by atomic mass is 16.1. The highest BCUT2D eigenvalue weighted by Gasteiger charge is 1.98. The molecule has 0 aliphatic heterocycles. The van der Waals surface area contributed by atoms with E-state index in [2.05, 4.69) is 0 Å². The Labute approximate surface area is 55.7 Å². The molecule has 0 radical (unpaired) electrons. The van der Waals surface area contributed by atoms with Crippen LogP contribution < -0.4 is 5.73 Å². The van der Waals surface area contributed by atoms with Crippen LogP contribution in [-0.2, 0) is 4.79 Å². The van der Waals surface area contributed by atoms with Crippen LogP contribution >= 0.6 is 0 Å². The first kappa shape index (κ1) is 8.21. The van der Waals surface area contributed by atoms with Gasteiger partial charge in [-0.1, -0.05) is 13.8 Å². The Morgan fingerprint density at radius 1 is 1.67 bits per heavy atom. The van der Waals surface area contributed by atoms with Crippen molar-refractivity contribution in [3.8, 4) is 0 Å². The number of carbonyl (C=O) groups excluding carboxylic acids is 1. The molecule has 0 unspecified atom stereocenters. The molecule has 0 spiro atoms. The van der Waals surface area contributed by atoms with Gasteiger partial charge in [0, 0.05) is 6.42 Å². The molecule has 0 fully saturated rings. The first-order chi connectivity index (χ1) is 4.16. The lowest BCUT2D eigenvalue weighted by molar-refractivity contribution is -0.115. The molecule has 0 amide bonds. The number of hydrogen-bond donors (Lipinski definition) is 1. The Balaban J connectivity index is 3.51. The molecule has 0 saturated carbocycles. The zero-order valence-electron chi connectivity index (χ0n) is 5.92. The molecular formula is C7H13NO. The minimum Gasteiger partial charge on any atom is -0.404 e. The second-order valence-electron chi connectivity index (χ2n) is 2.42. The third kappa shape index (κ3) is 5.07. The van der Waals surface area contributed by atoms with E-state index in [1.807, 2.05) is 13.8 Å². The molecule has 52 valence electrons. The SMILES string of the molecule is CC(C)CC(=O)/C=C/N. The number of nitrogens with two attached hydrogens (primary N) is 1. The Hall–Kier alpha value is -0.790. The van der Waals surface area contributed by atoms with Gasteiger partial charge in [0.2, 0.25) is 0 Å². The maximum absolute atomic E-state index is 10.7. The summed E-state index contributed by atoms with van der Waals surface area (Å²) < 4.78 is 0. The van der Waals surface area contributed by atoms with Gasteiger partial charge in [-0.3, -0.25) is 4.79 Å². The summed E-state index contributed by atoms with van der Waals surface area (Å²) in [5, 5.41) is 0. The van der Waals surface area contributed by atoms with E-state index >= 15 is 0 Å². The van der Waals surface area contributed by atoms with E-state index in [0.29, 0.717) is 12.3 Å². The van der Waals surface area contributed by atoms with Crippen LogP contribution in [0.3, 0.4) is 0 Å². The van der Waals surface area contributed by atoms with E-state index in [9.17, 15) is 4.79 Å². The van der Waals surface area contributed by atoms with Gasteiger partial charge in [0.25, 0.3) is 0 Å². The molecule has 2 nitrogen and oxygen atoms in total. The van der Waals surface area contributed by atoms with Crippen molar-refractivity contribution in [2.45, 2.75) is 20.3 Å². The van der Waals surface area contributed by atoms with Gasteiger partial charge in [-0.15, -0.1) is 0 Å². The standard InChI is InChI=1S/C7H13NO/c1-6(2)5-7(9)3-4-8/h3-4,6H,5,8H2,1-2H3/b4-3+. The van der Waals surface area contributed by atoms with Crippen molar-refractivity contribution >= 4 is 5.78 Å². The van der Waals surface area contributed by atoms with Crippen LogP contribution in [0.15, 0.2) is 12.3 Å². The molecule has 0 heterocycles. The highest BCUT2D eigenvalue weighted by molar-refractivity contribution is 5.89. The number of allylic oxidation sites excluding steroid dienone is 1. The summed E-state index contributed by atoms with van der Waals surface area (Å²) >= 11 is 0. The Kier molecular flexibility index (Phi) is 3.76. The lowest BCUT2D eigenvalue weighted by Crippen LogP contribution is -1.99. The lowest BCUT2D eigenvalue weighted by atomic mass is 10.1. The number of rotatable bonds is 3. The maximum Gasteiger partial charge on any atom is 0.157 e. The van der Waals surface area contributed by atoms with E-state index < -0.39 is 0 Å². The maximum atomic E-state index is 10.7. The predicted molar refractivity (Wildman–Crippen MR) is 37.8 cm³/mol. The van der Waals surface area contributed by atoms with Gasteiger partial charge in [0.15, 0.2) is 5.78 Å². The molecule has 0 aromatic heterocycles. The molecule has 0 aromatic rings. The number of hydrogen-bond acceptors (Lipinski definition) is 2. The van der Waals surface area contributed by atoms with Gasteiger partial charge >= 0.3 is 0 Å². The molecule has 0 aliphatic rings. The fourth-order valence-electron chi connectivity index (χ4n) is 0.578. The molecule has 0 saturated heterocycles. The Morgan fingerprint density at radius 2 is 2.22 bits per heavy atom. The van der Waals surface area contributed by atoms with E-state index in [-0.39, 0.29) is 5.78 Å². The van der Waals surface area contributed by atoms with Crippen molar-refractivity contribution in [2.75, 3.05) is 0 Å². The van der Waals surface area contributed by atoms with E-state index in [4.69, 9.17) is 5.73 Å². The number of carbonyl (C=O) groups is 1. The van der Waals surface area contributed by atoms with Crippen molar-refractivity contribution in [1.82, 2.24) is 0 Å². The average molecular weight is 127 g/mol. The molecule has 0 atom stereocenters. The van der Waals surface area contributed by atoms with Crippen LogP contribution in [0.1, 0.15) is 20.3 Å². The fourth-order valence-corrected chi connectivity index (χ4v) is 0.578. The van der Waals surface area contributed by atoms with Crippen LogP contribution in [-0.4, -0.2) is 5.78 Å². The first-order valence-electron chi connectivity index (χ1n) is 3.08. The normalized spacial score (nSPS) is 11.0. The quantitative estimate of drug-likeness (QED) is 0.576. The molecule has 0 rings (SSSR count). The van der Waals surface area contributed by atoms with Gasteiger partial charge in [-0.2, -0.15) is 0 Å². The first-order valence-corrected chi connectivity index (χ1v) is 3.08. The predicted octanol–water partition coefficient (Wildman–Crippen LogP) is 1.07. The van der Waals surface area contributed by atoms with Crippen molar-refractivity contribution in [3.05, 3.63) is 12.3 Å². The van der Waals surface area contributed by atoms with Crippen molar-refractivity contribution in [1.29, 1.82) is 0 Å². The second-order valence-corrected chi connectivity index (χ2v) is 2.42. The summed E-state index contributed by atoms with van der Waals surface area (Å²) in [6, 6.07) is 0. The second kappa shape index (κ2) is 4.13. The smallest absolute Gasteiger partial charge is 0.157 e. The largest absolute Gasteiger partial charge is 0.404 e. The Bertz CT molecular complexity index is 116. The summed E-state index contributed by atoms with van der Waals surface area (Å²) in [7, 11) is 0. The van der Waals surface area contributed by atoms with Crippen LogP contribution in [0.2, 0.25) is 0 Å². The molecule has 2 N–H and O–H groups in total. The van der Waals surface area contributed by atoms with Gasteiger partial charge in [0.1, 0.15) is 0 Å². The van der Waals surface area contributed by atoms with Crippen molar-refractivity contribution < 1.29 is 4.79 Å². The lowest BCUT2D eigenvalue weighted by Gasteiger charge is -1.97. The molecule has 0 aliphatic carbocycles. The minimum atomic E-state index is 0.104. The molecule has 0 bridgehead atoms. The fraction of sp³-hybridized carbons (Fsp3) is 0.571. The molecule has 2 heteroatoms. The molecule has 0 aromatic carbocycles. The Morgan fingerprint density at radius 3 is 2.56 bits per heavy atom. The van der Waals surface area contributed by atoms with Gasteiger partial charge in [-0.05, 0) is 18.2 Å². The molecular weight excluding hydrogens is 114 g/mol. The zero-order valence-corrected chi connectivity index (χ0v) is 5.92. The van der Waals surface area contributed by atoms with E-state index in [1.54, 1.807) is 0 Å². The summed E-state index contributed by atoms with van der Waals surface area (Å²) in [5.41, 5.74) is 5.00. The van der Waals surface area contributed by atoms with Crippen LogP contribution in [0.5, 0.6) is 0 Å². The van der Waals surface area contributed by atoms with E-state index in [0.717, 1.165) is 0 Å². The molecule has 9 heavy (non-hydrogen) atoms. The van der Waals surface area contributed by atoms with Crippen molar-refractivity contribution in [3.63, 3.8) is 0 Å². The third-order valence-corrected chi connectivity index (χ3v) is 0.892. The summed E-state index contributed by atoms with van der Waals surface area (Å²) in [6.07, 6.45) is 3.28. The van der Waals surface area contributed by atoms with Crippen LogP contribution in [0, 0.1) is 5.92 Å². The monoisotopic (exact) mass is 127 g/mol. The topological polar surface area (TPSA) is 43.1 Å². The van der Waals surface area contributed by atoms with Crippen LogP contribution in [0.25, 0.3) is 0 Å². The minimum absolute atomic E-state index is 0.104. The third-order valence-electron chi connectivity index (χ3n) is 0.892. The van der Waals surface area contributed by atoms with Crippen molar-refractivity contribution in [2.24, 2.45) is 11.7 Å². The summed E-state index contributed by atoms with van der Waals surface area (Å²) in [5.74, 6) is 0.529. The highest BCUT2D eigenvalue weighted by Crippen LogP contribution is 1.99. The zero-order chi connectivity index (χ0) is 7.28. The van der Waals surface area contributed by atoms with Crippen LogP contribution in [0.4, 0.5) is 0 Å². The number of ketones is 1. The van der Waals surface area contributed by atoms with Gasteiger partial charge < -0.3 is 5.73 Å². The van der Waals surface area contributed by atoms with Gasteiger partial charge in [-0.25, -0.2) is 0 Å².